The number of nitrogens with zero attached hydrogens (tertiary/aromatic N) is 4. The van der Waals surface area contributed by atoms with Crippen LogP contribution in [0.15, 0.2) is 18.2 Å². The summed E-state index contributed by atoms with van der Waals surface area (Å²) in [5.41, 5.74) is 1.68. The fraction of sp³-hybridized carbons (Fsp3) is 0.444. The molecule has 3 heterocycles. The van der Waals surface area contributed by atoms with Gasteiger partial charge in [0.15, 0.2) is 0 Å². The molecule has 130 valence electrons. The lowest BCUT2D eigenvalue weighted by Crippen LogP contribution is -2.51. The zero-order valence-corrected chi connectivity index (χ0v) is 14.8. The largest absolute Gasteiger partial charge is 0.334 e. The second-order valence-electron chi connectivity index (χ2n) is 7.35. The molecular formula is C18H21N5O2. The maximum Gasteiger partial charge on any atom is 0.254 e. The summed E-state index contributed by atoms with van der Waals surface area (Å²) in [4.78, 5) is 30.9. The van der Waals surface area contributed by atoms with E-state index in [0.717, 1.165) is 22.9 Å². The number of hydrogen-bond donors (Lipinski definition) is 1. The first-order chi connectivity index (χ1) is 11.8. The Bertz CT molecular complexity index is 893. The summed E-state index contributed by atoms with van der Waals surface area (Å²) in [5, 5.41) is 7.26. The zero-order valence-electron chi connectivity index (χ0n) is 14.8. The number of nitrogens with one attached hydrogen (secondary N) is 1. The van der Waals surface area contributed by atoms with Gasteiger partial charge in [-0.2, -0.15) is 5.10 Å². The lowest BCUT2D eigenvalue weighted by Gasteiger charge is -2.39. The van der Waals surface area contributed by atoms with Gasteiger partial charge in [-0.3, -0.25) is 9.59 Å². The van der Waals surface area contributed by atoms with Crippen molar-refractivity contribution in [3.63, 3.8) is 0 Å². The molecule has 2 aliphatic heterocycles. The highest BCUT2D eigenvalue weighted by molar-refractivity contribution is 6.07. The first-order valence-electron chi connectivity index (χ1n) is 8.42. The van der Waals surface area contributed by atoms with Gasteiger partial charge in [-0.05, 0) is 51.5 Å². The summed E-state index contributed by atoms with van der Waals surface area (Å²) in [5.74, 6) is 1.58. The average molecular weight is 339 g/mol. The number of amides is 2. The highest BCUT2D eigenvalue weighted by atomic mass is 16.2. The van der Waals surface area contributed by atoms with E-state index in [0.29, 0.717) is 18.7 Å². The molecule has 2 aliphatic rings. The van der Waals surface area contributed by atoms with E-state index in [2.05, 4.69) is 15.4 Å². The molecule has 2 aromatic rings. The monoisotopic (exact) mass is 339 g/mol. The lowest BCUT2D eigenvalue weighted by atomic mass is 9.85. The van der Waals surface area contributed by atoms with Crippen LogP contribution >= 0.6 is 0 Å². The molecule has 0 aliphatic carbocycles. The van der Waals surface area contributed by atoms with Gasteiger partial charge >= 0.3 is 0 Å². The maximum absolute atomic E-state index is 12.8. The highest BCUT2D eigenvalue weighted by Gasteiger charge is 2.40. The van der Waals surface area contributed by atoms with E-state index in [1.807, 2.05) is 44.5 Å². The third-order valence-electron chi connectivity index (χ3n) is 5.16. The Labute approximate surface area is 146 Å². The minimum absolute atomic E-state index is 0.0105. The Morgan fingerprint density at radius 3 is 2.64 bits per heavy atom. The second kappa shape index (κ2) is 5.15. The molecule has 2 amide bonds. The molecule has 0 radical (unpaired) electrons. The van der Waals surface area contributed by atoms with Gasteiger partial charge in [0, 0.05) is 24.3 Å². The highest BCUT2D eigenvalue weighted by Crippen LogP contribution is 2.38. The van der Waals surface area contributed by atoms with Crippen LogP contribution in [0.3, 0.4) is 0 Å². The normalized spacial score (nSPS) is 18.7. The predicted molar refractivity (Wildman–Crippen MR) is 92.5 cm³/mol. The van der Waals surface area contributed by atoms with Gasteiger partial charge in [-0.25, -0.2) is 9.67 Å². The Kier molecular flexibility index (Phi) is 3.25. The van der Waals surface area contributed by atoms with Crippen LogP contribution in [-0.2, 0) is 10.2 Å². The van der Waals surface area contributed by atoms with Crippen LogP contribution in [0.5, 0.6) is 0 Å². The second-order valence-corrected chi connectivity index (χ2v) is 7.35. The minimum atomic E-state index is -0.613. The molecule has 0 unspecified atom stereocenters. The third kappa shape index (κ3) is 2.33. The SMILES string of the molecule is Cc1nc(C)n(C2CN(C(=O)c3ccc4c(c3)C(C)(C)C(=O)N4)C2)n1. The summed E-state index contributed by atoms with van der Waals surface area (Å²) in [6, 6.07) is 5.62. The van der Waals surface area contributed by atoms with Crippen LogP contribution in [0.25, 0.3) is 0 Å². The molecule has 7 heteroatoms. The van der Waals surface area contributed by atoms with E-state index in [-0.39, 0.29) is 17.9 Å². The first-order valence-corrected chi connectivity index (χ1v) is 8.42. The number of likely N-dealkylation sites (tertiary alicyclic amines) is 1. The number of anilines is 1. The number of carbonyl (C=O) groups is 2. The summed E-state index contributed by atoms with van der Waals surface area (Å²) >= 11 is 0. The van der Waals surface area contributed by atoms with Crippen LogP contribution in [0.4, 0.5) is 5.69 Å². The number of aryl methyl sites for hydroxylation is 2. The lowest BCUT2D eigenvalue weighted by molar-refractivity contribution is -0.119. The van der Waals surface area contributed by atoms with Crippen molar-refractivity contribution in [2.45, 2.75) is 39.2 Å². The van der Waals surface area contributed by atoms with E-state index >= 15 is 0 Å². The van der Waals surface area contributed by atoms with Gasteiger partial charge in [0.1, 0.15) is 11.6 Å². The van der Waals surface area contributed by atoms with Crippen molar-refractivity contribution in [1.82, 2.24) is 19.7 Å². The molecule has 1 N–H and O–H groups in total. The van der Waals surface area contributed by atoms with E-state index in [1.165, 1.54) is 0 Å². The summed E-state index contributed by atoms with van der Waals surface area (Å²) in [6.07, 6.45) is 0. The van der Waals surface area contributed by atoms with Crippen molar-refractivity contribution in [3.05, 3.63) is 41.0 Å². The minimum Gasteiger partial charge on any atom is -0.334 e. The van der Waals surface area contributed by atoms with Crippen LogP contribution in [0.1, 0.15) is 47.5 Å². The topological polar surface area (TPSA) is 80.1 Å². The molecule has 0 spiro atoms. The molecular weight excluding hydrogens is 318 g/mol. The average Bonchev–Trinajstić information content (AvgIpc) is 2.94. The van der Waals surface area contributed by atoms with E-state index < -0.39 is 5.41 Å². The van der Waals surface area contributed by atoms with Crippen LogP contribution in [0, 0.1) is 13.8 Å². The molecule has 7 nitrogen and oxygen atoms in total. The summed E-state index contributed by atoms with van der Waals surface area (Å²) < 4.78 is 1.90. The standard InChI is InChI=1S/C18H21N5O2/c1-10-19-11(2)23(21-10)13-8-22(9-13)16(24)12-5-6-15-14(7-12)18(3,4)17(25)20-15/h5-7,13H,8-9H2,1-4H3,(H,20,25). The van der Waals surface area contributed by atoms with Gasteiger partial charge in [-0.1, -0.05) is 0 Å². The van der Waals surface area contributed by atoms with Gasteiger partial charge in [0.2, 0.25) is 5.91 Å². The molecule has 0 atom stereocenters. The third-order valence-corrected chi connectivity index (χ3v) is 5.16. The molecule has 1 aromatic carbocycles. The molecule has 1 aromatic heterocycles. The van der Waals surface area contributed by atoms with Crippen LogP contribution in [0.2, 0.25) is 0 Å². The first kappa shape index (κ1) is 15.8. The fourth-order valence-electron chi connectivity index (χ4n) is 3.54. The zero-order chi connectivity index (χ0) is 17.9. The maximum atomic E-state index is 12.8. The van der Waals surface area contributed by atoms with E-state index in [4.69, 9.17) is 0 Å². The fourth-order valence-corrected chi connectivity index (χ4v) is 3.54. The van der Waals surface area contributed by atoms with Crippen molar-refractivity contribution in [2.24, 2.45) is 0 Å². The molecule has 25 heavy (non-hydrogen) atoms. The molecule has 4 rings (SSSR count). The van der Waals surface area contributed by atoms with Crippen molar-refractivity contribution in [1.29, 1.82) is 0 Å². The Hall–Kier alpha value is -2.70. The quantitative estimate of drug-likeness (QED) is 0.905. The Morgan fingerprint density at radius 2 is 2.00 bits per heavy atom. The van der Waals surface area contributed by atoms with Crippen molar-refractivity contribution in [2.75, 3.05) is 18.4 Å². The summed E-state index contributed by atoms with van der Waals surface area (Å²) in [7, 11) is 0. The Morgan fingerprint density at radius 1 is 1.28 bits per heavy atom. The summed E-state index contributed by atoms with van der Waals surface area (Å²) in [6.45, 7) is 8.79. The van der Waals surface area contributed by atoms with Crippen LogP contribution in [-0.4, -0.2) is 44.6 Å². The van der Waals surface area contributed by atoms with E-state index in [1.54, 1.807) is 11.0 Å². The number of carbonyl (C=O) groups excluding carboxylic acids is 2. The van der Waals surface area contributed by atoms with E-state index in [9.17, 15) is 9.59 Å². The Balaban J connectivity index is 1.51. The molecule has 1 saturated heterocycles. The van der Waals surface area contributed by atoms with Crippen molar-refractivity contribution >= 4 is 17.5 Å². The van der Waals surface area contributed by atoms with Crippen LogP contribution < -0.4 is 5.32 Å². The van der Waals surface area contributed by atoms with Gasteiger partial charge in [0.05, 0.1) is 11.5 Å². The number of hydrogen-bond acceptors (Lipinski definition) is 4. The predicted octanol–water partition coefficient (Wildman–Crippen LogP) is 1.82. The molecule has 1 fully saturated rings. The number of rotatable bonds is 2. The van der Waals surface area contributed by atoms with Gasteiger partial charge in [-0.15, -0.1) is 0 Å². The number of benzene rings is 1. The van der Waals surface area contributed by atoms with Gasteiger partial charge in [0.25, 0.3) is 5.91 Å². The van der Waals surface area contributed by atoms with Crippen molar-refractivity contribution in [3.8, 4) is 0 Å². The number of fused-ring (bicyclic) bond motifs is 1. The number of aromatic nitrogens is 3. The van der Waals surface area contributed by atoms with Gasteiger partial charge < -0.3 is 10.2 Å². The van der Waals surface area contributed by atoms with Crippen molar-refractivity contribution < 1.29 is 9.59 Å². The molecule has 0 saturated carbocycles. The molecule has 0 bridgehead atoms. The smallest absolute Gasteiger partial charge is 0.254 e.